The molecule has 0 saturated carbocycles. The summed E-state index contributed by atoms with van der Waals surface area (Å²) in [6.07, 6.45) is 2.07. The van der Waals surface area contributed by atoms with Gasteiger partial charge in [-0.05, 0) is 38.1 Å². The normalized spacial score (nSPS) is 16.5. The summed E-state index contributed by atoms with van der Waals surface area (Å²) in [5, 5.41) is 19.5. The predicted octanol–water partition coefficient (Wildman–Crippen LogP) is 1.27. The maximum atomic E-state index is 12.5. The van der Waals surface area contributed by atoms with E-state index in [0.29, 0.717) is 23.4 Å². The summed E-state index contributed by atoms with van der Waals surface area (Å²) >= 11 is 0. The summed E-state index contributed by atoms with van der Waals surface area (Å²) in [6.45, 7) is 4.27. The molecule has 1 atom stereocenters. The molecule has 1 aliphatic rings. The van der Waals surface area contributed by atoms with Crippen molar-refractivity contribution in [3.05, 3.63) is 41.7 Å². The minimum absolute atomic E-state index is 0.139. The Morgan fingerprint density at radius 2 is 2.04 bits per heavy atom. The van der Waals surface area contributed by atoms with Crippen molar-refractivity contribution in [3.8, 4) is 11.8 Å². The number of nitrogens with one attached hydrogen (secondary N) is 1. The number of aromatic nitrogens is 3. The van der Waals surface area contributed by atoms with Gasteiger partial charge in [-0.2, -0.15) is 5.26 Å². The molecule has 3 amide bonds. The van der Waals surface area contributed by atoms with Crippen LogP contribution in [0.25, 0.3) is 0 Å². The molecular weight excluding hydrogens is 348 g/mol. The molecule has 2 heterocycles. The molecule has 1 N–H and O–H groups in total. The first-order valence-corrected chi connectivity index (χ1v) is 8.63. The Kier molecular flexibility index (Phi) is 5.35. The Labute approximate surface area is 156 Å². The van der Waals surface area contributed by atoms with Crippen LogP contribution >= 0.6 is 0 Å². The summed E-state index contributed by atoms with van der Waals surface area (Å²) < 4.78 is 7.25. The van der Waals surface area contributed by atoms with Crippen LogP contribution in [0.2, 0.25) is 0 Å². The van der Waals surface area contributed by atoms with Gasteiger partial charge < -0.3 is 10.1 Å². The largest absolute Gasteiger partial charge is 0.492 e. The Balaban J connectivity index is 1.53. The van der Waals surface area contributed by atoms with Crippen LogP contribution in [0.4, 0.5) is 4.79 Å². The van der Waals surface area contributed by atoms with E-state index in [2.05, 4.69) is 15.6 Å². The molecule has 1 aromatic heterocycles. The number of amides is 3. The summed E-state index contributed by atoms with van der Waals surface area (Å²) in [7, 11) is 0. The summed E-state index contributed by atoms with van der Waals surface area (Å²) in [4.78, 5) is 25.7. The fourth-order valence-corrected chi connectivity index (χ4v) is 2.68. The van der Waals surface area contributed by atoms with Crippen LogP contribution < -0.4 is 10.1 Å². The highest BCUT2D eigenvalue weighted by molar-refractivity contribution is 6.04. The monoisotopic (exact) mass is 368 g/mol. The Morgan fingerprint density at radius 1 is 1.30 bits per heavy atom. The van der Waals surface area contributed by atoms with Gasteiger partial charge in [0.2, 0.25) is 0 Å². The van der Waals surface area contributed by atoms with E-state index in [1.165, 1.54) is 0 Å². The van der Waals surface area contributed by atoms with Crippen molar-refractivity contribution >= 4 is 11.9 Å². The first-order valence-electron chi connectivity index (χ1n) is 8.63. The number of nitrogens with zero attached hydrogens (tertiary/aromatic N) is 5. The van der Waals surface area contributed by atoms with Crippen LogP contribution in [-0.2, 0) is 11.2 Å². The van der Waals surface area contributed by atoms with E-state index in [9.17, 15) is 9.59 Å². The van der Waals surface area contributed by atoms with E-state index in [-0.39, 0.29) is 25.1 Å². The average molecular weight is 368 g/mol. The number of ether oxygens (including phenoxy) is 1. The molecule has 0 spiro atoms. The van der Waals surface area contributed by atoms with E-state index in [0.717, 1.165) is 4.90 Å². The number of carbonyl (C=O) groups excluding carboxylic acids is 2. The number of hydrogen-bond acceptors (Lipinski definition) is 6. The third kappa shape index (κ3) is 4.23. The smallest absolute Gasteiger partial charge is 0.324 e. The molecule has 140 valence electrons. The van der Waals surface area contributed by atoms with Gasteiger partial charge in [0.05, 0.1) is 23.9 Å². The van der Waals surface area contributed by atoms with E-state index >= 15 is 0 Å². The van der Waals surface area contributed by atoms with Crippen LogP contribution in [0.1, 0.15) is 31.1 Å². The lowest BCUT2D eigenvalue weighted by atomic mass is 10.1. The number of imide groups is 1. The molecule has 1 saturated heterocycles. The number of nitriles is 1. The van der Waals surface area contributed by atoms with Crippen molar-refractivity contribution in [1.29, 1.82) is 5.26 Å². The van der Waals surface area contributed by atoms with E-state index in [1.54, 1.807) is 35.1 Å². The number of benzene rings is 1. The van der Waals surface area contributed by atoms with Gasteiger partial charge in [-0.15, -0.1) is 5.10 Å². The second-order valence-corrected chi connectivity index (χ2v) is 6.46. The number of hydrogen-bond donors (Lipinski definition) is 1. The van der Waals surface area contributed by atoms with Gasteiger partial charge >= 0.3 is 6.03 Å². The van der Waals surface area contributed by atoms with Crippen molar-refractivity contribution in [2.45, 2.75) is 32.4 Å². The molecule has 1 fully saturated rings. The third-order valence-electron chi connectivity index (χ3n) is 4.17. The van der Waals surface area contributed by atoms with Crippen LogP contribution in [0.5, 0.6) is 5.75 Å². The third-order valence-corrected chi connectivity index (χ3v) is 4.17. The summed E-state index contributed by atoms with van der Waals surface area (Å²) in [6, 6.07) is 7.74. The van der Waals surface area contributed by atoms with E-state index in [4.69, 9.17) is 10.00 Å². The van der Waals surface area contributed by atoms with Gasteiger partial charge in [-0.25, -0.2) is 9.48 Å². The fraction of sp³-hybridized carbons (Fsp3) is 0.389. The lowest BCUT2D eigenvalue weighted by Crippen LogP contribution is -2.35. The zero-order chi connectivity index (χ0) is 19.4. The second kappa shape index (κ2) is 7.86. The molecule has 9 heteroatoms. The fourth-order valence-electron chi connectivity index (χ4n) is 2.68. The maximum absolute atomic E-state index is 12.5. The van der Waals surface area contributed by atoms with Crippen LogP contribution in [0, 0.1) is 11.3 Å². The number of carbonyl (C=O) groups is 2. The molecule has 9 nitrogen and oxygen atoms in total. The quantitative estimate of drug-likeness (QED) is 0.737. The van der Waals surface area contributed by atoms with Crippen molar-refractivity contribution in [3.63, 3.8) is 0 Å². The Hall–Kier alpha value is -3.41. The molecule has 3 rings (SSSR count). The predicted molar refractivity (Wildman–Crippen MR) is 94.8 cm³/mol. The molecule has 0 unspecified atom stereocenters. The highest BCUT2D eigenvalue weighted by atomic mass is 16.5. The molecule has 0 radical (unpaired) electrons. The van der Waals surface area contributed by atoms with Crippen molar-refractivity contribution in [2.75, 3.05) is 13.2 Å². The van der Waals surface area contributed by atoms with Crippen LogP contribution in [-0.4, -0.2) is 51.0 Å². The highest BCUT2D eigenvalue weighted by Gasteiger charge is 2.38. The van der Waals surface area contributed by atoms with E-state index < -0.39 is 12.1 Å². The van der Waals surface area contributed by atoms with Crippen LogP contribution in [0.3, 0.4) is 0 Å². The van der Waals surface area contributed by atoms with Gasteiger partial charge in [-0.3, -0.25) is 9.69 Å². The van der Waals surface area contributed by atoms with Gasteiger partial charge in [0.25, 0.3) is 5.91 Å². The van der Waals surface area contributed by atoms with Crippen LogP contribution in [0.15, 0.2) is 30.5 Å². The highest BCUT2D eigenvalue weighted by Crippen LogP contribution is 2.14. The second-order valence-electron chi connectivity index (χ2n) is 6.46. The lowest BCUT2D eigenvalue weighted by molar-refractivity contribution is -0.127. The van der Waals surface area contributed by atoms with Gasteiger partial charge in [0, 0.05) is 18.7 Å². The van der Waals surface area contributed by atoms with Crippen molar-refractivity contribution in [2.24, 2.45) is 0 Å². The van der Waals surface area contributed by atoms with Crippen molar-refractivity contribution in [1.82, 2.24) is 25.2 Å². The minimum Gasteiger partial charge on any atom is -0.492 e. The summed E-state index contributed by atoms with van der Waals surface area (Å²) in [5.41, 5.74) is 1.19. The topological polar surface area (TPSA) is 113 Å². The molecule has 0 bridgehead atoms. The molecule has 27 heavy (non-hydrogen) atoms. The minimum atomic E-state index is -0.648. The molecule has 0 aliphatic carbocycles. The molecule has 1 aromatic carbocycles. The van der Waals surface area contributed by atoms with E-state index in [1.807, 2.05) is 19.9 Å². The average Bonchev–Trinajstić information content (AvgIpc) is 3.23. The molecular formula is C18H20N6O3. The maximum Gasteiger partial charge on any atom is 0.324 e. The van der Waals surface area contributed by atoms with Gasteiger partial charge in [0.1, 0.15) is 18.4 Å². The summed E-state index contributed by atoms with van der Waals surface area (Å²) in [5.74, 6) is 0.269. The zero-order valence-corrected chi connectivity index (χ0v) is 15.1. The van der Waals surface area contributed by atoms with Gasteiger partial charge in [0.15, 0.2) is 0 Å². The Morgan fingerprint density at radius 3 is 2.67 bits per heavy atom. The standard InChI is InChI=1S/C18H20N6O3/c1-12(2)24-11-14(21-22-24)9-16-17(25)23(18(26)20-16)7-8-27-15-5-3-13(10-19)4-6-15/h3-6,11-12,16H,7-9H2,1-2H3,(H,20,26)/t16-/m0/s1. The Bertz CT molecular complexity index is 868. The first kappa shape index (κ1) is 18.4. The zero-order valence-electron chi connectivity index (χ0n) is 15.1. The molecule has 2 aromatic rings. The van der Waals surface area contributed by atoms with Crippen molar-refractivity contribution < 1.29 is 14.3 Å². The SMILES string of the molecule is CC(C)n1cc(C[C@@H]2NC(=O)N(CCOc3ccc(C#N)cc3)C2=O)nn1. The lowest BCUT2D eigenvalue weighted by Gasteiger charge is -2.13. The number of rotatable bonds is 7. The van der Waals surface area contributed by atoms with Gasteiger partial charge in [-0.1, -0.05) is 5.21 Å². The first-order chi connectivity index (χ1) is 13.0. The number of urea groups is 1. The molecule has 1 aliphatic heterocycles.